The Balaban J connectivity index is 0. The van der Waals surface area contributed by atoms with E-state index in [-0.39, 0.29) is 58.4 Å². The molecule has 1 aromatic rings. The molecule has 1 rings (SSSR count). The Labute approximate surface area is 130 Å². The third kappa shape index (κ3) is 6.38. The van der Waals surface area contributed by atoms with Crippen LogP contribution in [0, 0.1) is 0 Å². The summed E-state index contributed by atoms with van der Waals surface area (Å²) in [6, 6.07) is 7.58. The van der Waals surface area contributed by atoms with Gasteiger partial charge in [0.25, 0.3) is 0 Å². The van der Waals surface area contributed by atoms with Crippen molar-refractivity contribution in [1.29, 1.82) is 0 Å². The molecule has 1 aromatic carbocycles. The Morgan fingerprint density at radius 1 is 1.27 bits per heavy atom. The first-order valence-corrected chi connectivity index (χ1v) is 4.78. The summed E-state index contributed by atoms with van der Waals surface area (Å²) in [6.45, 7) is 0. The molecule has 0 saturated carbocycles. The Kier molecular flexibility index (Phi) is 6.80. The van der Waals surface area contributed by atoms with Gasteiger partial charge in [0, 0.05) is 0 Å². The number of hydrogen-bond donors (Lipinski definition) is 1. The van der Waals surface area contributed by atoms with Gasteiger partial charge in [0.15, 0.2) is 0 Å². The minimum Gasteiger partial charge on any atom is -1.00 e. The summed E-state index contributed by atoms with van der Waals surface area (Å²) >= 11 is 0. The SMILES string of the molecule is O=C(OOS(=O)(=O)O)c1ccccc1.[H-].[K+]. The van der Waals surface area contributed by atoms with Crippen LogP contribution in [0.2, 0.25) is 0 Å². The first kappa shape index (κ1) is 15.2. The predicted octanol–water partition coefficient (Wildman–Crippen LogP) is -2.31. The zero-order valence-corrected chi connectivity index (χ0v) is 11.7. The fraction of sp³-hybridized carbons (Fsp3) is 0. The van der Waals surface area contributed by atoms with Crippen molar-refractivity contribution in [1.82, 2.24) is 0 Å². The molecule has 0 bridgehead atoms. The number of hydrogen-bond acceptors (Lipinski definition) is 5. The summed E-state index contributed by atoms with van der Waals surface area (Å²) in [6.07, 6.45) is 0. The van der Waals surface area contributed by atoms with Crippen molar-refractivity contribution in [2.24, 2.45) is 0 Å². The average molecular weight is 258 g/mol. The third-order valence-corrected chi connectivity index (χ3v) is 1.45. The van der Waals surface area contributed by atoms with E-state index in [0.717, 1.165) is 0 Å². The molecule has 78 valence electrons. The molecule has 0 unspecified atom stereocenters. The van der Waals surface area contributed by atoms with Gasteiger partial charge in [-0.05, 0) is 16.5 Å². The Hall–Kier alpha value is 0.196. The third-order valence-electron chi connectivity index (χ3n) is 1.21. The van der Waals surface area contributed by atoms with Crippen molar-refractivity contribution in [3.8, 4) is 0 Å². The second-order valence-corrected chi connectivity index (χ2v) is 3.22. The van der Waals surface area contributed by atoms with E-state index in [9.17, 15) is 13.2 Å². The fourth-order valence-corrected chi connectivity index (χ4v) is 0.844. The van der Waals surface area contributed by atoms with E-state index < -0.39 is 16.4 Å². The normalized spacial score (nSPS) is 10.2. The summed E-state index contributed by atoms with van der Waals surface area (Å²) in [5.41, 5.74) is 0.108. The number of rotatable bonds is 3. The summed E-state index contributed by atoms with van der Waals surface area (Å²) in [4.78, 5) is 14.8. The first-order chi connectivity index (χ1) is 6.49. The van der Waals surface area contributed by atoms with Gasteiger partial charge in [0.2, 0.25) is 0 Å². The molecule has 0 fully saturated rings. The molecule has 0 aliphatic heterocycles. The Morgan fingerprint density at radius 3 is 2.27 bits per heavy atom. The van der Waals surface area contributed by atoms with Crippen LogP contribution < -0.4 is 51.4 Å². The van der Waals surface area contributed by atoms with Gasteiger partial charge in [-0.2, -0.15) is 8.42 Å². The molecule has 0 spiro atoms. The molecule has 0 aromatic heterocycles. The quantitative estimate of drug-likeness (QED) is 0.284. The average Bonchev–Trinajstić information content (AvgIpc) is 2.14. The molecule has 0 aliphatic carbocycles. The van der Waals surface area contributed by atoms with E-state index in [1.54, 1.807) is 18.2 Å². The van der Waals surface area contributed by atoms with Gasteiger partial charge in [-0.3, -0.25) is 9.44 Å². The van der Waals surface area contributed by atoms with Gasteiger partial charge in [-0.25, -0.2) is 4.79 Å². The molecule has 1 N–H and O–H groups in total. The number of carbonyl (C=O) groups excluding carboxylic acids is 1. The predicted molar refractivity (Wildman–Crippen MR) is 45.6 cm³/mol. The Morgan fingerprint density at radius 2 is 1.80 bits per heavy atom. The molecular weight excluding hydrogens is 251 g/mol. The van der Waals surface area contributed by atoms with Crippen LogP contribution in [-0.4, -0.2) is 18.9 Å². The van der Waals surface area contributed by atoms with E-state index in [4.69, 9.17) is 4.55 Å². The maximum Gasteiger partial charge on any atom is 1.00 e. The van der Waals surface area contributed by atoms with E-state index in [1.807, 2.05) is 0 Å². The zero-order chi connectivity index (χ0) is 10.6. The molecule has 0 radical (unpaired) electrons. The monoisotopic (exact) mass is 258 g/mol. The maximum absolute atomic E-state index is 11.0. The van der Waals surface area contributed by atoms with Crippen molar-refractivity contribution in [2.45, 2.75) is 0 Å². The minimum atomic E-state index is -4.77. The van der Waals surface area contributed by atoms with Crippen LogP contribution in [0.15, 0.2) is 30.3 Å². The molecule has 8 heteroatoms. The molecule has 6 nitrogen and oxygen atoms in total. The van der Waals surface area contributed by atoms with Crippen LogP contribution in [0.3, 0.4) is 0 Å². The molecule has 0 aliphatic rings. The van der Waals surface area contributed by atoms with Crippen molar-refractivity contribution in [2.75, 3.05) is 0 Å². The van der Waals surface area contributed by atoms with Crippen LogP contribution in [0.5, 0.6) is 0 Å². The van der Waals surface area contributed by atoms with E-state index in [0.29, 0.717) is 0 Å². The first-order valence-electron chi connectivity index (χ1n) is 3.42. The van der Waals surface area contributed by atoms with Gasteiger partial charge in [-0.1, -0.05) is 18.2 Å². The molecule has 0 saturated heterocycles. The second-order valence-electron chi connectivity index (χ2n) is 2.23. The van der Waals surface area contributed by atoms with Crippen LogP contribution in [-0.2, 0) is 19.6 Å². The van der Waals surface area contributed by atoms with Crippen LogP contribution in [0.1, 0.15) is 11.8 Å². The van der Waals surface area contributed by atoms with E-state index >= 15 is 0 Å². The zero-order valence-electron chi connectivity index (χ0n) is 8.78. The fourth-order valence-electron chi connectivity index (χ4n) is 0.696. The van der Waals surface area contributed by atoms with Crippen molar-refractivity contribution in [3.63, 3.8) is 0 Å². The molecule has 0 heterocycles. The van der Waals surface area contributed by atoms with Gasteiger partial charge in [0.05, 0.1) is 5.56 Å². The molecule has 0 amide bonds. The summed E-state index contributed by atoms with van der Waals surface area (Å²) in [7, 11) is -4.77. The number of benzene rings is 1. The summed E-state index contributed by atoms with van der Waals surface area (Å²) in [5.74, 6) is -1.01. The van der Waals surface area contributed by atoms with Gasteiger partial charge >= 0.3 is 67.8 Å². The molecule has 0 atom stereocenters. The van der Waals surface area contributed by atoms with Crippen LogP contribution in [0.25, 0.3) is 0 Å². The second kappa shape index (κ2) is 6.71. The summed E-state index contributed by atoms with van der Waals surface area (Å²) in [5, 5.41) is 0. The van der Waals surface area contributed by atoms with Crippen molar-refractivity contribution < 1.29 is 79.8 Å². The topological polar surface area (TPSA) is 89.9 Å². The standard InChI is InChI=1S/C7H6O6S.K.H/c8-7(12-13-14(9,10)11)6-4-2-1-3-5-6;;/h1-5H,(H,9,10,11);;/q;+1;-1. The van der Waals surface area contributed by atoms with Gasteiger partial charge < -0.3 is 1.43 Å². The van der Waals surface area contributed by atoms with Crippen molar-refractivity contribution >= 4 is 16.4 Å². The largest absolute Gasteiger partial charge is 1.00 e. The van der Waals surface area contributed by atoms with Crippen molar-refractivity contribution in [3.05, 3.63) is 35.9 Å². The van der Waals surface area contributed by atoms with Crippen LogP contribution in [0.4, 0.5) is 0 Å². The maximum atomic E-state index is 11.0. The number of carbonyl (C=O) groups is 1. The van der Waals surface area contributed by atoms with E-state index in [1.165, 1.54) is 12.1 Å². The summed E-state index contributed by atoms with van der Waals surface area (Å²) < 4.78 is 31.6. The van der Waals surface area contributed by atoms with Crippen LogP contribution >= 0.6 is 0 Å². The Bertz CT molecular complexity index is 420. The van der Waals surface area contributed by atoms with Gasteiger partial charge in [-0.15, -0.1) is 0 Å². The molecular formula is C7H7KO6S. The van der Waals surface area contributed by atoms with Gasteiger partial charge in [0.1, 0.15) is 0 Å². The minimum absolute atomic E-state index is 0. The molecule has 15 heavy (non-hydrogen) atoms. The smallest absolute Gasteiger partial charge is 1.00 e. The van der Waals surface area contributed by atoms with E-state index in [2.05, 4.69) is 9.22 Å².